The van der Waals surface area contributed by atoms with E-state index in [1.54, 1.807) is 0 Å². The van der Waals surface area contributed by atoms with E-state index in [9.17, 15) is 0 Å². The summed E-state index contributed by atoms with van der Waals surface area (Å²) in [4.78, 5) is 4.45. The molecule has 2 nitrogen and oxygen atoms in total. The van der Waals surface area contributed by atoms with Crippen molar-refractivity contribution in [3.8, 4) is 0 Å². The molecule has 0 bridgehead atoms. The number of nitrogen functional groups attached to an aromatic ring is 1. The van der Waals surface area contributed by atoms with E-state index in [1.165, 1.54) is 0 Å². The fourth-order valence-corrected chi connectivity index (χ4v) is 2.10. The summed E-state index contributed by atoms with van der Waals surface area (Å²) >= 11 is 6.17. The van der Waals surface area contributed by atoms with Crippen LogP contribution >= 0.6 is 11.6 Å². The predicted octanol–water partition coefficient (Wildman–Crippen LogP) is 3.73. The Morgan fingerprint density at radius 2 is 2.12 bits per heavy atom. The molecule has 0 saturated carbocycles. The molecule has 1 aromatic heterocycles. The van der Waals surface area contributed by atoms with Crippen LogP contribution < -0.4 is 5.73 Å². The predicted molar refractivity (Wildman–Crippen MR) is 69.9 cm³/mol. The van der Waals surface area contributed by atoms with Crippen LogP contribution in [0.15, 0.2) is 18.2 Å². The van der Waals surface area contributed by atoms with Crippen LogP contribution in [0.3, 0.4) is 0 Å². The number of hydrogen-bond acceptors (Lipinski definition) is 2. The zero-order valence-corrected chi connectivity index (χ0v) is 10.3. The van der Waals surface area contributed by atoms with Gasteiger partial charge in [-0.15, -0.1) is 0 Å². The first-order valence-electron chi connectivity index (χ1n) is 5.47. The summed E-state index contributed by atoms with van der Waals surface area (Å²) in [6.45, 7) is 4.14. The second kappa shape index (κ2) is 4.30. The van der Waals surface area contributed by atoms with E-state index in [0.29, 0.717) is 5.82 Å². The standard InChI is InChI=1S/C13H15ClN2/c1-3-4-9-7-10-11(14)6-5-8(2)12(10)16-13(9)15/h5-7H,3-4H2,1-2H3,(H2,15,16). The summed E-state index contributed by atoms with van der Waals surface area (Å²) in [7, 11) is 0. The Kier molecular flexibility index (Phi) is 3.01. The van der Waals surface area contributed by atoms with Crippen LogP contribution in [0, 0.1) is 6.92 Å². The van der Waals surface area contributed by atoms with Crippen molar-refractivity contribution in [2.45, 2.75) is 26.7 Å². The Balaban J connectivity index is 2.73. The van der Waals surface area contributed by atoms with Crippen LogP contribution in [0.4, 0.5) is 5.82 Å². The average molecular weight is 235 g/mol. The molecule has 0 saturated heterocycles. The molecule has 0 aliphatic heterocycles. The van der Waals surface area contributed by atoms with E-state index in [0.717, 1.165) is 39.9 Å². The lowest BCUT2D eigenvalue weighted by molar-refractivity contribution is 0.921. The van der Waals surface area contributed by atoms with Gasteiger partial charge in [0, 0.05) is 10.4 Å². The molecule has 0 spiro atoms. The molecule has 3 heteroatoms. The van der Waals surface area contributed by atoms with E-state index in [2.05, 4.69) is 18.0 Å². The molecular weight excluding hydrogens is 220 g/mol. The summed E-state index contributed by atoms with van der Waals surface area (Å²) in [5.41, 5.74) is 9.04. The molecule has 1 aromatic carbocycles. The molecule has 0 fully saturated rings. The molecule has 2 N–H and O–H groups in total. The Labute approximate surface area is 100 Å². The maximum absolute atomic E-state index is 6.17. The van der Waals surface area contributed by atoms with Gasteiger partial charge >= 0.3 is 0 Å². The van der Waals surface area contributed by atoms with E-state index >= 15 is 0 Å². The zero-order valence-electron chi connectivity index (χ0n) is 9.55. The average Bonchev–Trinajstić information content (AvgIpc) is 2.26. The largest absolute Gasteiger partial charge is 0.383 e. The third kappa shape index (κ3) is 1.85. The number of nitrogens with two attached hydrogens (primary N) is 1. The van der Waals surface area contributed by atoms with Crippen molar-refractivity contribution in [3.63, 3.8) is 0 Å². The molecule has 0 radical (unpaired) electrons. The quantitative estimate of drug-likeness (QED) is 0.860. The van der Waals surface area contributed by atoms with Gasteiger partial charge in [0.15, 0.2) is 0 Å². The molecule has 16 heavy (non-hydrogen) atoms. The maximum Gasteiger partial charge on any atom is 0.127 e. The van der Waals surface area contributed by atoms with Crippen molar-refractivity contribution < 1.29 is 0 Å². The van der Waals surface area contributed by atoms with Gasteiger partial charge in [-0.1, -0.05) is 31.0 Å². The van der Waals surface area contributed by atoms with Crippen molar-refractivity contribution >= 4 is 28.3 Å². The Hall–Kier alpha value is -1.28. The lowest BCUT2D eigenvalue weighted by Gasteiger charge is -2.09. The van der Waals surface area contributed by atoms with Crippen LogP contribution in [0.5, 0.6) is 0 Å². The van der Waals surface area contributed by atoms with E-state index in [4.69, 9.17) is 17.3 Å². The first-order valence-corrected chi connectivity index (χ1v) is 5.85. The van der Waals surface area contributed by atoms with E-state index in [-0.39, 0.29) is 0 Å². The second-order valence-electron chi connectivity index (χ2n) is 4.04. The number of aromatic nitrogens is 1. The minimum absolute atomic E-state index is 0.625. The highest BCUT2D eigenvalue weighted by atomic mass is 35.5. The van der Waals surface area contributed by atoms with Gasteiger partial charge in [-0.3, -0.25) is 0 Å². The van der Waals surface area contributed by atoms with Gasteiger partial charge in [-0.25, -0.2) is 4.98 Å². The Bertz CT molecular complexity index is 535. The smallest absolute Gasteiger partial charge is 0.127 e. The monoisotopic (exact) mass is 234 g/mol. The molecule has 2 aromatic rings. The van der Waals surface area contributed by atoms with Crippen molar-refractivity contribution in [2.75, 3.05) is 5.73 Å². The molecule has 0 atom stereocenters. The number of aryl methyl sites for hydroxylation is 2. The molecule has 84 valence electrons. The van der Waals surface area contributed by atoms with Crippen LogP contribution in [0.2, 0.25) is 5.02 Å². The van der Waals surface area contributed by atoms with Gasteiger partial charge in [-0.05, 0) is 36.6 Å². The molecule has 0 unspecified atom stereocenters. The molecule has 1 heterocycles. The van der Waals surface area contributed by atoms with E-state index < -0.39 is 0 Å². The number of pyridine rings is 1. The lowest BCUT2D eigenvalue weighted by Crippen LogP contribution is -1.99. The lowest BCUT2D eigenvalue weighted by atomic mass is 10.1. The maximum atomic E-state index is 6.17. The number of benzene rings is 1. The number of nitrogens with zero attached hydrogens (tertiary/aromatic N) is 1. The molecule has 2 rings (SSSR count). The molecular formula is C13H15ClN2. The molecule has 0 aliphatic carbocycles. The van der Waals surface area contributed by atoms with Gasteiger partial charge in [0.1, 0.15) is 5.82 Å². The Morgan fingerprint density at radius 3 is 2.81 bits per heavy atom. The van der Waals surface area contributed by atoms with Gasteiger partial charge in [0.05, 0.1) is 5.52 Å². The van der Waals surface area contributed by atoms with Crippen molar-refractivity contribution in [1.82, 2.24) is 4.98 Å². The van der Waals surface area contributed by atoms with Crippen molar-refractivity contribution in [2.24, 2.45) is 0 Å². The van der Waals surface area contributed by atoms with Crippen LogP contribution in [0.25, 0.3) is 10.9 Å². The first-order chi connectivity index (χ1) is 7.63. The van der Waals surface area contributed by atoms with Gasteiger partial charge in [0.25, 0.3) is 0 Å². The highest BCUT2D eigenvalue weighted by Gasteiger charge is 2.08. The van der Waals surface area contributed by atoms with Gasteiger partial charge in [0.2, 0.25) is 0 Å². The summed E-state index contributed by atoms with van der Waals surface area (Å²) in [6, 6.07) is 5.94. The van der Waals surface area contributed by atoms with Gasteiger partial charge in [-0.2, -0.15) is 0 Å². The summed E-state index contributed by atoms with van der Waals surface area (Å²) in [6.07, 6.45) is 2.00. The minimum atomic E-state index is 0.625. The highest BCUT2D eigenvalue weighted by molar-refractivity contribution is 6.35. The number of fused-ring (bicyclic) bond motifs is 1. The molecule has 0 amide bonds. The Morgan fingerprint density at radius 1 is 1.38 bits per heavy atom. The molecule has 0 aliphatic rings. The van der Waals surface area contributed by atoms with Gasteiger partial charge < -0.3 is 5.73 Å². The van der Waals surface area contributed by atoms with E-state index in [1.807, 2.05) is 19.1 Å². The first kappa shape index (κ1) is 11.2. The summed E-state index contributed by atoms with van der Waals surface area (Å²) < 4.78 is 0. The normalized spacial score (nSPS) is 10.9. The number of hydrogen-bond donors (Lipinski definition) is 1. The summed E-state index contributed by atoms with van der Waals surface area (Å²) in [5.74, 6) is 0.625. The van der Waals surface area contributed by atoms with Crippen molar-refractivity contribution in [1.29, 1.82) is 0 Å². The second-order valence-corrected chi connectivity index (χ2v) is 4.45. The zero-order chi connectivity index (χ0) is 11.7. The fraction of sp³-hybridized carbons (Fsp3) is 0.308. The topological polar surface area (TPSA) is 38.9 Å². The van der Waals surface area contributed by atoms with Crippen LogP contribution in [0.1, 0.15) is 24.5 Å². The highest BCUT2D eigenvalue weighted by Crippen LogP contribution is 2.28. The SMILES string of the molecule is CCCc1cc2c(Cl)ccc(C)c2nc1N. The third-order valence-corrected chi connectivity index (χ3v) is 3.09. The number of rotatable bonds is 2. The number of halogens is 1. The van der Waals surface area contributed by atoms with Crippen LogP contribution in [-0.4, -0.2) is 4.98 Å². The minimum Gasteiger partial charge on any atom is -0.383 e. The number of anilines is 1. The van der Waals surface area contributed by atoms with Crippen molar-refractivity contribution in [3.05, 3.63) is 34.3 Å². The third-order valence-electron chi connectivity index (χ3n) is 2.76. The van der Waals surface area contributed by atoms with Crippen LogP contribution in [-0.2, 0) is 6.42 Å². The fourth-order valence-electron chi connectivity index (χ4n) is 1.89. The summed E-state index contributed by atoms with van der Waals surface area (Å²) in [5, 5.41) is 1.74.